The van der Waals surface area contributed by atoms with Crippen LogP contribution >= 0.6 is 0 Å². The molecule has 0 aromatic carbocycles. The molecule has 1 unspecified atom stereocenters. The third-order valence-electron chi connectivity index (χ3n) is 3.93. The van der Waals surface area contributed by atoms with Crippen LogP contribution in [0.1, 0.15) is 59.3 Å². The molecule has 2 heterocycles. The van der Waals surface area contributed by atoms with Crippen LogP contribution in [0.5, 0.6) is 0 Å². The van der Waals surface area contributed by atoms with Gasteiger partial charge in [-0.25, -0.2) is 0 Å². The Morgan fingerprint density at radius 2 is 2.06 bits per heavy atom. The molecule has 0 aliphatic carbocycles. The minimum absolute atomic E-state index is 0.106. The molecule has 2 saturated heterocycles. The molecule has 2 fully saturated rings. The van der Waals surface area contributed by atoms with Gasteiger partial charge in [0.05, 0.1) is 0 Å². The van der Waals surface area contributed by atoms with Gasteiger partial charge in [-0.2, -0.15) is 8.78 Å². The molecule has 0 bridgehead atoms. The van der Waals surface area contributed by atoms with Gasteiger partial charge < -0.3 is 0 Å². The Bertz CT molecular complexity index is 271. The van der Waals surface area contributed by atoms with Crippen molar-refractivity contribution < 1.29 is 8.78 Å². The summed E-state index contributed by atoms with van der Waals surface area (Å²) in [6.45, 7) is 7.70. The van der Waals surface area contributed by atoms with E-state index >= 15 is 0 Å². The molecule has 17 heavy (non-hydrogen) atoms. The molecule has 1 atom stereocenters. The summed E-state index contributed by atoms with van der Waals surface area (Å²) in [7, 11) is 0. The van der Waals surface area contributed by atoms with Gasteiger partial charge in [0.25, 0.3) is 6.08 Å². The first-order valence-corrected chi connectivity index (χ1v) is 6.96. The Morgan fingerprint density at radius 3 is 2.65 bits per heavy atom. The van der Waals surface area contributed by atoms with Crippen molar-refractivity contribution in [1.82, 2.24) is 4.90 Å². The first-order valence-electron chi connectivity index (χ1n) is 6.96. The van der Waals surface area contributed by atoms with Gasteiger partial charge in [-0.15, -0.1) is 0 Å². The highest BCUT2D eigenvalue weighted by molar-refractivity contribution is 5.20. The van der Waals surface area contributed by atoms with E-state index in [0.717, 1.165) is 32.2 Å². The van der Waals surface area contributed by atoms with Crippen molar-refractivity contribution in [2.75, 3.05) is 13.1 Å². The van der Waals surface area contributed by atoms with Gasteiger partial charge >= 0.3 is 0 Å². The predicted octanol–water partition coefficient (Wildman–Crippen LogP) is 4.59. The number of halogens is 2. The number of nitrogens with zero attached hydrogens (tertiary/aromatic N) is 1. The van der Waals surface area contributed by atoms with E-state index in [4.69, 9.17) is 0 Å². The fraction of sp³-hybridized carbons (Fsp3) is 0.857. The quantitative estimate of drug-likeness (QED) is 0.703. The second-order valence-electron chi connectivity index (χ2n) is 4.89. The summed E-state index contributed by atoms with van der Waals surface area (Å²) in [4.78, 5) is 2.29. The summed E-state index contributed by atoms with van der Waals surface area (Å²) in [5.41, 5.74) is 0.500. The molecule has 2 rings (SSSR count). The van der Waals surface area contributed by atoms with Gasteiger partial charge in [-0.1, -0.05) is 33.6 Å². The summed E-state index contributed by atoms with van der Waals surface area (Å²) in [5, 5.41) is 0. The second-order valence-corrected chi connectivity index (χ2v) is 4.89. The normalized spacial score (nSPS) is 27.7. The van der Waals surface area contributed by atoms with E-state index in [1.165, 1.54) is 6.42 Å². The summed E-state index contributed by atoms with van der Waals surface area (Å²) < 4.78 is 25.2. The number of fused-ring (bicyclic) bond motifs is 1. The Balaban J connectivity index is 0.000000686. The van der Waals surface area contributed by atoms with Gasteiger partial charge in [0.1, 0.15) is 0 Å². The lowest BCUT2D eigenvalue weighted by Crippen LogP contribution is -2.37. The maximum Gasteiger partial charge on any atom is 0.270 e. The molecule has 0 N–H and O–H groups in total. The number of hydrogen-bond acceptors (Lipinski definition) is 1. The highest BCUT2D eigenvalue weighted by Gasteiger charge is 2.46. The standard InChI is InChI=1S/C12H19F2N.C2H6/c1-2-3-5-12-6-4-7-15(12)9-10(8-12)11(13)14;1-2/h2-9H2,1H3;1-2H3. The molecule has 0 spiro atoms. The van der Waals surface area contributed by atoms with Gasteiger partial charge in [0.2, 0.25) is 0 Å². The first-order chi connectivity index (χ1) is 8.18. The van der Waals surface area contributed by atoms with Crippen LogP contribution in [-0.2, 0) is 0 Å². The summed E-state index contributed by atoms with van der Waals surface area (Å²) in [6, 6.07) is 0. The van der Waals surface area contributed by atoms with Gasteiger partial charge in [0.15, 0.2) is 0 Å². The Hall–Kier alpha value is -0.440. The molecule has 0 radical (unpaired) electrons. The van der Waals surface area contributed by atoms with Crippen LogP contribution in [0, 0.1) is 0 Å². The minimum Gasteiger partial charge on any atom is -0.293 e. The van der Waals surface area contributed by atoms with Gasteiger partial charge in [0, 0.05) is 17.7 Å². The highest BCUT2D eigenvalue weighted by atomic mass is 19.3. The van der Waals surface area contributed by atoms with Gasteiger partial charge in [-0.05, 0) is 32.2 Å². The summed E-state index contributed by atoms with van der Waals surface area (Å²) in [5.74, 6) is 0. The fourth-order valence-corrected chi connectivity index (χ4v) is 3.13. The molecule has 0 aromatic heterocycles. The van der Waals surface area contributed by atoms with E-state index in [9.17, 15) is 8.78 Å². The summed E-state index contributed by atoms with van der Waals surface area (Å²) >= 11 is 0. The largest absolute Gasteiger partial charge is 0.293 e. The first kappa shape index (κ1) is 14.6. The zero-order valence-electron chi connectivity index (χ0n) is 11.4. The van der Waals surface area contributed by atoms with E-state index < -0.39 is 6.08 Å². The van der Waals surface area contributed by atoms with Crippen LogP contribution < -0.4 is 0 Å². The molecule has 0 amide bonds. The van der Waals surface area contributed by atoms with E-state index in [0.29, 0.717) is 18.5 Å². The van der Waals surface area contributed by atoms with Crippen molar-refractivity contribution in [2.45, 2.75) is 64.8 Å². The third-order valence-corrected chi connectivity index (χ3v) is 3.93. The molecular weight excluding hydrogens is 220 g/mol. The Kier molecular flexibility index (Phi) is 5.57. The zero-order chi connectivity index (χ0) is 12.9. The SMILES string of the molecule is CC.CCCCC12CCCN1CC(=C(F)F)C2. The number of unbranched alkanes of at least 4 members (excludes halogenated alkanes) is 1. The summed E-state index contributed by atoms with van der Waals surface area (Å²) in [6.07, 6.45) is 4.91. The number of hydrogen-bond donors (Lipinski definition) is 0. The van der Waals surface area contributed by atoms with Crippen molar-refractivity contribution in [3.05, 3.63) is 11.7 Å². The van der Waals surface area contributed by atoms with Crippen LogP contribution in [0.2, 0.25) is 0 Å². The van der Waals surface area contributed by atoms with Crippen molar-refractivity contribution in [2.24, 2.45) is 0 Å². The Labute approximate surface area is 104 Å². The highest BCUT2D eigenvalue weighted by Crippen LogP contribution is 2.45. The smallest absolute Gasteiger partial charge is 0.270 e. The lowest BCUT2D eigenvalue weighted by molar-refractivity contribution is 0.178. The van der Waals surface area contributed by atoms with Crippen LogP contribution in [0.15, 0.2) is 11.7 Å². The molecule has 2 aliphatic rings. The molecule has 0 saturated carbocycles. The minimum atomic E-state index is -1.43. The average Bonchev–Trinajstić information content (AvgIpc) is 2.85. The fourth-order valence-electron chi connectivity index (χ4n) is 3.13. The van der Waals surface area contributed by atoms with E-state index in [1.807, 2.05) is 13.8 Å². The maximum atomic E-state index is 12.6. The van der Waals surface area contributed by atoms with Crippen molar-refractivity contribution in [1.29, 1.82) is 0 Å². The molecule has 100 valence electrons. The average molecular weight is 245 g/mol. The van der Waals surface area contributed by atoms with E-state index in [-0.39, 0.29) is 5.54 Å². The second kappa shape index (κ2) is 6.48. The van der Waals surface area contributed by atoms with Crippen LogP contribution in [0.4, 0.5) is 8.78 Å². The lowest BCUT2D eigenvalue weighted by atomic mass is 9.87. The van der Waals surface area contributed by atoms with Crippen LogP contribution in [-0.4, -0.2) is 23.5 Å². The molecular formula is C14H25F2N. The molecule has 0 aromatic rings. The molecule has 3 heteroatoms. The van der Waals surface area contributed by atoms with Crippen molar-refractivity contribution in [3.63, 3.8) is 0 Å². The van der Waals surface area contributed by atoms with Crippen LogP contribution in [0.25, 0.3) is 0 Å². The van der Waals surface area contributed by atoms with Crippen molar-refractivity contribution >= 4 is 0 Å². The molecule has 2 aliphatic heterocycles. The monoisotopic (exact) mass is 245 g/mol. The maximum absolute atomic E-state index is 12.6. The van der Waals surface area contributed by atoms with E-state index in [2.05, 4.69) is 11.8 Å². The number of rotatable bonds is 3. The van der Waals surface area contributed by atoms with Crippen LogP contribution in [0.3, 0.4) is 0 Å². The molecule has 1 nitrogen and oxygen atoms in total. The Morgan fingerprint density at radius 1 is 1.35 bits per heavy atom. The zero-order valence-corrected chi connectivity index (χ0v) is 11.4. The van der Waals surface area contributed by atoms with Crippen molar-refractivity contribution in [3.8, 4) is 0 Å². The van der Waals surface area contributed by atoms with Gasteiger partial charge in [-0.3, -0.25) is 4.90 Å². The lowest BCUT2D eigenvalue weighted by Gasteiger charge is -2.31. The predicted molar refractivity (Wildman–Crippen MR) is 68.3 cm³/mol. The third kappa shape index (κ3) is 3.06. The van der Waals surface area contributed by atoms with E-state index in [1.54, 1.807) is 0 Å². The topological polar surface area (TPSA) is 3.24 Å².